The molecular formula is C8H19N3O. The predicted molar refractivity (Wildman–Crippen MR) is 49.4 cm³/mol. The van der Waals surface area contributed by atoms with E-state index >= 15 is 0 Å². The van der Waals surface area contributed by atoms with Crippen molar-refractivity contribution >= 4 is 6.03 Å². The highest BCUT2D eigenvalue weighted by molar-refractivity contribution is 5.73. The third kappa shape index (κ3) is 3.57. The topological polar surface area (TPSA) is 58.4 Å². The average Bonchev–Trinajstić information content (AvgIpc) is 2.00. The molecule has 0 aromatic rings. The molecule has 4 heteroatoms. The summed E-state index contributed by atoms with van der Waals surface area (Å²) in [4.78, 5) is 12.6. The summed E-state index contributed by atoms with van der Waals surface area (Å²) >= 11 is 0. The summed E-state index contributed by atoms with van der Waals surface area (Å²) in [7, 11) is 1.75. The van der Waals surface area contributed by atoms with Crippen LogP contribution in [-0.4, -0.2) is 24.0 Å². The first kappa shape index (κ1) is 11.2. The summed E-state index contributed by atoms with van der Waals surface area (Å²) < 4.78 is 0. The van der Waals surface area contributed by atoms with Gasteiger partial charge in [-0.25, -0.2) is 10.6 Å². The minimum Gasteiger partial charge on any atom is -0.324 e. The first-order valence-electron chi connectivity index (χ1n) is 4.22. The number of carbonyl (C=O) groups is 1. The van der Waals surface area contributed by atoms with E-state index in [1.165, 1.54) is 0 Å². The van der Waals surface area contributed by atoms with Crippen molar-refractivity contribution in [3.8, 4) is 0 Å². The molecule has 0 aliphatic heterocycles. The Morgan fingerprint density at radius 1 is 1.50 bits per heavy atom. The van der Waals surface area contributed by atoms with E-state index < -0.39 is 0 Å². The van der Waals surface area contributed by atoms with Gasteiger partial charge in [0.25, 0.3) is 0 Å². The van der Waals surface area contributed by atoms with Gasteiger partial charge in [0.15, 0.2) is 0 Å². The van der Waals surface area contributed by atoms with Crippen LogP contribution in [0.4, 0.5) is 4.79 Å². The smallest absolute Gasteiger partial charge is 0.324 e. The Bertz CT molecular complexity index is 147. The van der Waals surface area contributed by atoms with E-state index in [4.69, 9.17) is 5.84 Å². The van der Waals surface area contributed by atoms with Gasteiger partial charge in [-0.2, -0.15) is 0 Å². The zero-order chi connectivity index (χ0) is 9.72. The van der Waals surface area contributed by atoms with Crippen molar-refractivity contribution in [3.05, 3.63) is 0 Å². The van der Waals surface area contributed by atoms with Crippen LogP contribution in [0.1, 0.15) is 27.2 Å². The fourth-order valence-electron chi connectivity index (χ4n) is 1.14. The van der Waals surface area contributed by atoms with E-state index in [1.807, 2.05) is 6.92 Å². The van der Waals surface area contributed by atoms with Crippen LogP contribution in [0.15, 0.2) is 0 Å². The van der Waals surface area contributed by atoms with Crippen LogP contribution in [0.25, 0.3) is 0 Å². The van der Waals surface area contributed by atoms with Gasteiger partial charge in [-0.3, -0.25) is 5.43 Å². The normalized spacial score (nSPS) is 12.8. The lowest BCUT2D eigenvalue weighted by Crippen LogP contribution is -2.45. The summed E-state index contributed by atoms with van der Waals surface area (Å²) in [6, 6.07) is -0.00306. The molecule has 0 spiro atoms. The lowest BCUT2D eigenvalue weighted by atomic mass is 10.0. The zero-order valence-corrected chi connectivity index (χ0v) is 8.29. The minimum absolute atomic E-state index is 0.230. The van der Waals surface area contributed by atoms with Crippen LogP contribution in [0.3, 0.4) is 0 Å². The highest BCUT2D eigenvalue weighted by Gasteiger charge is 2.14. The average molecular weight is 173 g/mol. The molecule has 0 aliphatic rings. The summed E-state index contributed by atoms with van der Waals surface area (Å²) in [5.74, 6) is 5.59. The number of carbonyl (C=O) groups excluding carboxylic acids is 1. The maximum Gasteiger partial charge on any atom is 0.331 e. The van der Waals surface area contributed by atoms with Crippen molar-refractivity contribution in [2.24, 2.45) is 11.8 Å². The number of amides is 2. The Hall–Kier alpha value is -0.770. The predicted octanol–water partition coefficient (Wildman–Crippen LogP) is 0.936. The van der Waals surface area contributed by atoms with Crippen LogP contribution in [0.2, 0.25) is 0 Å². The number of nitrogens with zero attached hydrogens (tertiary/aromatic N) is 1. The van der Waals surface area contributed by atoms with Crippen LogP contribution >= 0.6 is 0 Å². The first-order chi connectivity index (χ1) is 5.49. The van der Waals surface area contributed by atoms with Crippen LogP contribution in [0.5, 0.6) is 0 Å². The van der Waals surface area contributed by atoms with Crippen LogP contribution < -0.4 is 11.3 Å². The molecule has 0 aliphatic carbocycles. The van der Waals surface area contributed by atoms with Crippen molar-refractivity contribution in [3.63, 3.8) is 0 Å². The molecule has 0 aromatic heterocycles. The van der Waals surface area contributed by atoms with Gasteiger partial charge in [-0.15, -0.1) is 0 Å². The van der Waals surface area contributed by atoms with E-state index in [2.05, 4.69) is 19.3 Å². The van der Waals surface area contributed by atoms with Gasteiger partial charge in [0.05, 0.1) is 0 Å². The van der Waals surface area contributed by atoms with Crippen molar-refractivity contribution in [1.82, 2.24) is 10.3 Å². The maximum absolute atomic E-state index is 11.0. The number of nitrogens with one attached hydrogen (secondary N) is 1. The van der Waals surface area contributed by atoms with Crippen molar-refractivity contribution in [2.45, 2.75) is 33.2 Å². The third-order valence-electron chi connectivity index (χ3n) is 1.92. The second-order valence-electron chi connectivity index (χ2n) is 3.54. The molecule has 1 unspecified atom stereocenters. The molecule has 12 heavy (non-hydrogen) atoms. The second kappa shape index (κ2) is 4.98. The van der Waals surface area contributed by atoms with Gasteiger partial charge in [0.2, 0.25) is 0 Å². The first-order valence-corrected chi connectivity index (χ1v) is 4.22. The van der Waals surface area contributed by atoms with Gasteiger partial charge in [0, 0.05) is 13.1 Å². The van der Waals surface area contributed by atoms with Crippen molar-refractivity contribution < 1.29 is 4.79 Å². The number of hydrogen-bond acceptors (Lipinski definition) is 2. The van der Waals surface area contributed by atoms with Gasteiger partial charge < -0.3 is 4.90 Å². The zero-order valence-electron chi connectivity index (χ0n) is 8.29. The molecule has 0 bridgehead atoms. The largest absolute Gasteiger partial charge is 0.331 e. The molecule has 0 heterocycles. The number of nitrogens with two attached hydrogens (primary N) is 1. The molecule has 2 amide bonds. The summed E-state index contributed by atoms with van der Waals surface area (Å²) in [5, 5.41) is 0. The lowest BCUT2D eigenvalue weighted by molar-refractivity contribution is 0.187. The molecule has 0 rings (SSSR count). The van der Waals surface area contributed by atoms with Crippen LogP contribution in [0, 0.1) is 5.92 Å². The SMILES string of the molecule is CC(C)CC(C)N(C)C(=O)NN. The fourth-order valence-corrected chi connectivity index (χ4v) is 1.14. The Labute approximate surface area is 74.1 Å². The molecule has 0 aromatic carbocycles. The van der Waals surface area contributed by atoms with Gasteiger partial charge >= 0.3 is 6.03 Å². The molecular weight excluding hydrogens is 154 g/mol. The van der Waals surface area contributed by atoms with E-state index in [0.717, 1.165) is 6.42 Å². The molecule has 4 nitrogen and oxygen atoms in total. The van der Waals surface area contributed by atoms with Gasteiger partial charge in [-0.05, 0) is 19.3 Å². The lowest BCUT2D eigenvalue weighted by Gasteiger charge is -2.25. The van der Waals surface area contributed by atoms with E-state index in [0.29, 0.717) is 5.92 Å². The quantitative estimate of drug-likeness (QED) is 0.379. The summed E-state index contributed by atoms with van der Waals surface area (Å²) in [6.45, 7) is 6.27. The van der Waals surface area contributed by atoms with Crippen molar-refractivity contribution in [1.29, 1.82) is 0 Å². The Morgan fingerprint density at radius 3 is 2.33 bits per heavy atom. The number of rotatable bonds is 3. The van der Waals surface area contributed by atoms with Gasteiger partial charge in [0.1, 0.15) is 0 Å². The van der Waals surface area contributed by atoms with E-state index in [1.54, 1.807) is 11.9 Å². The highest BCUT2D eigenvalue weighted by atomic mass is 16.2. The number of urea groups is 1. The standard InChI is InChI=1S/C8H19N3O/c1-6(2)5-7(3)11(4)8(12)10-9/h6-7H,5,9H2,1-4H3,(H,10,12). The Morgan fingerprint density at radius 2 is 2.00 bits per heavy atom. The highest BCUT2D eigenvalue weighted by Crippen LogP contribution is 2.08. The molecule has 0 fully saturated rings. The number of hydrogen-bond donors (Lipinski definition) is 2. The molecule has 0 radical (unpaired) electrons. The second-order valence-corrected chi connectivity index (χ2v) is 3.54. The molecule has 0 saturated heterocycles. The molecule has 3 N–H and O–H groups in total. The van der Waals surface area contributed by atoms with E-state index in [-0.39, 0.29) is 12.1 Å². The monoisotopic (exact) mass is 173 g/mol. The van der Waals surface area contributed by atoms with Crippen LogP contribution in [-0.2, 0) is 0 Å². The van der Waals surface area contributed by atoms with Gasteiger partial charge in [-0.1, -0.05) is 13.8 Å². The number of hydrazine groups is 1. The molecule has 0 saturated carbocycles. The Kier molecular flexibility index (Phi) is 4.66. The molecule has 72 valence electrons. The maximum atomic E-state index is 11.0. The summed E-state index contributed by atoms with van der Waals surface area (Å²) in [6.07, 6.45) is 0.990. The summed E-state index contributed by atoms with van der Waals surface area (Å²) in [5.41, 5.74) is 2.11. The third-order valence-corrected chi connectivity index (χ3v) is 1.92. The van der Waals surface area contributed by atoms with Crippen molar-refractivity contribution in [2.75, 3.05) is 7.05 Å². The van der Waals surface area contributed by atoms with E-state index in [9.17, 15) is 4.79 Å². The molecule has 1 atom stereocenters. The Balaban J connectivity index is 3.91. The fraction of sp³-hybridized carbons (Fsp3) is 0.875. The minimum atomic E-state index is -0.233.